The van der Waals surface area contributed by atoms with Crippen molar-refractivity contribution in [1.82, 2.24) is 4.90 Å². The molecule has 0 spiro atoms. The third kappa shape index (κ3) is 2.35. The lowest BCUT2D eigenvalue weighted by molar-refractivity contribution is -0.115. The molecule has 0 amide bonds. The Labute approximate surface area is 143 Å². The van der Waals surface area contributed by atoms with Gasteiger partial charge in [-0.2, -0.15) is 0 Å². The van der Waals surface area contributed by atoms with Crippen molar-refractivity contribution in [2.45, 2.75) is 27.2 Å². The third-order valence-electron chi connectivity index (χ3n) is 6.40. The highest BCUT2D eigenvalue weighted by atomic mass is 19.1. The van der Waals surface area contributed by atoms with Crippen LogP contribution in [0.3, 0.4) is 0 Å². The molecular weight excluding hydrogens is 303 g/mol. The minimum Gasteiger partial charge on any atom is -0.371 e. The average molecular weight is 328 g/mol. The zero-order chi connectivity index (χ0) is 17.1. The molecule has 3 nitrogen and oxygen atoms in total. The van der Waals surface area contributed by atoms with Gasteiger partial charge in [-0.25, -0.2) is 4.39 Å². The van der Waals surface area contributed by atoms with E-state index in [4.69, 9.17) is 0 Å². The van der Waals surface area contributed by atoms with Gasteiger partial charge in [0.15, 0.2) is 5.78 Å². The highest BCUT2D eigenvalue weighted by Gasteiger charge is 2.65. The van der Waals surface area contributed by atoms with Gasteiger partial charge in [0.1, 0.15) is 5.82 Å². The summed E-state index contributed by atoms with van der Waals surface area (Å²) in [5, 5.41) is 0. The lowest BCUT2D eigenvalue weighted by atomic mass is 9.95. The predicted octanol–water partition coefficient (Wildman–Crippen LogP) is 3.47. The fourth-order valence-corrected chi connectivity index (χ4v) is 4.73. The first-order chi connectivity index (χ1) is 11.4. The molecule has 2 aliphatic carbocycles. The first kappa shape index (κ1) is 15.7. The molecule has 1 aromatic rings. The van der Waals surface area contributed by atoms with Crippen LogP contribution in [-0.2, 0) is 4.79 Å². The van der Waals surface area contributed by atoms with Crippen LogP contribution in [0.15, 0.2) is 35.5 Å². The number of anilines is 1. The Morgan fingerprint density at radius 2 is 1.75 bits per heavy atom. The van der Waals surface area contributed by atoms with Gasteiger partial charge in [0.05, 0.1) is 0 Å². The van der Waals surface area contributed by atoms with Crippen molar-refractivity contribution in [1.29, 1.82) is 0 Å². The zero-order valence-corrected chi connectivity index (χ0v) is 14.7. The molecule has 0 aromatic heterocycles. The highest BCUT2D eigenvalue weighted by Crippen LogP contribution is 2.68. The van der Waals surface area contributed by atoms with Crippen molar-refractivity contribution in [3.8, 4) is 0 Å². The quantitative estimate of drug-likeness (QED) is 0.777. The van der Waals surface area contributed by atoms with Crippen LogP contribution < -0.4 is 4.90 Å². The summed E-state index contributed by atoms with van der Waals surface area (Å²) in [6, 6.07) is 6.71. The molecule has 24 heavy (non-hydrogen) atoms. The van der Waals surface area contributed by atoms with Gasteiger partial charge in [-0.1, -0.05) is 13.8 Å². The molecule has 2 saturated carbocycles. The number of nitrogens with zero attached hydrogens (tertiary/aromatic N) is 2. The van der Waals surface area contributed by atoms with Crippen molar-refractivity contribution < 1.29 is 9.18 Å². The minimum atomic E-state index is -0.195. The second kappa shape index (κ2) is 5.33. The SMILES string of the molecule is C/C(=C1\C(=O)C[C@@H]2[C@H]1C2(C)C)N1CCN(c2ccc(F)cc2)CC1. The van der Waals surface area contributed by atoms with Gasteiger partial charge < -0.3 is 9.80 Å². The molecular formula is C20H25FN2O. The Morgan fingerprint density at radius 3 is 2.33 bits per heavy atom. The molecule has 0 radical (unpaired) electrons. The topological polar surface area (TPSA) is 23.6 Å². The summed E-state index contributed by atoms with van der Waals surface area (Å²) in [5.41, 5.74) is 3.67. The molecule has 0 bridgehead atoms. The minimum absolute atomic E-state index is 0.195. The number of carbonyl (C=O) groups excluding carboxylic acids is 1. The molecule has 0 N–H and O–H groups in total. The number of rotatable bonds is 2. The third-order valence-corrected chi connectivity index (χ3v) is 6.40. The van der Waals surface area contributed by atoms with E-state index in [1.165, 1.54) is 17.8 Å². The molecule has 4 rings (SSSR count). The smallest absolute Gasteiger partial charge is 0.161 e. The van der Waals surface area contributed by atoms with Crippen LogP contribution in [0.1, 0.15) is 27.2 Å². The standard InChI is InChI=1S/C20H25FN2O/c1-13(18-17(24)12-16-19(18)20(16,2)3)22-8-10-23(11-9-22)15-6-4-14(21)5-7-15/h4-7,16,19H,8-12H2,1-3H3/b18-13-/t16-,19-/m1/s1. The number of hydrogen-bond donors (Lipinski definition) is 0. The van der Waals surface area contributed by atoms with Gasteiger partial charge >= 0.3 is 0 Å². The normalized spacial score (nSPS) is 30.4. The number of carbonyl (C=O) groups is 1. The number of ketones is 1. The maximum absolute atomic E-state index is 13.1. The molecule has 1 aromatic carbocycles. The van der Waals surface area contributed by atoms with Gasteiger partial charge in [0.2, 0.25) is 0 Å². The van der Waals surface area contributed by atoms with E-state index in [1.807, 2.05) is 12.1 Å². The number of Topliss-reactive ketones (excluding diaryl/α,β-unsaturated/α-hetero) is 1. The largest absolute Gasteiger partial charge is 0.371 e. The first-order valence-corrected chi connectivity index (χ1v) is 8.89. The Morgan fingerprint density at radius 1 is 1.12 bits per heavy atom. The molecule has 1 saturated heterocycles. The molecule has 3 fully saturated rings. The zero-order valence-electron chi connectivity index (χ0n) is 14.7. The summed E-state index contributed by atoms with van der Waals surface area (Å²) in [7, 11) is 0. The predicted molar refractivity (Wildman–Crippen MR) is 93.3 cm³/mol. The van der Waals surface area contributed by atoms with E-state index >= 15 is 0 Å². The van der Waals surface area contributed by atoms with E-state index in [2.05, 4.69) is 30.6 Å². The van der Waals surface area contributed by atoms with E-state index in [-0.39, 0.29) is 5.82 Å². The second-order valence-electron chi connectivity index (χ2n) is 7.98. The Balaban J connectivity index is 1.47. The fourth-order valence-electron chi connectivity index (χ4n) is 4.73. The van der Waals surface area contributed by atoms with Gasteiger partial charge in [0.25, 0.3) is 0 Å². The number of hydrogen-bond acceptors (Lipinski definition) is 3. The van der Waals surface area contributed by atoms with Gasteiger partial charge in [-0.3, -0.25) is 4.79 Å². The molecule has 3 aliphatic rings. The van der Waals surface area contributed by atoms with Crippen molar-refractivity contribution in [2.75, 3.05) is 31.1 Å². The average Bonchev–Trinajstić information content (AvgIpc) is 2.92. The van der Waals surface area contributed by atoms with Crippen LogP contribution in [0.25, 0.3) is 0 Å². The van der Waals surface area contributed by atoms with Crippen molar-refractivity contribution in [3.63, 3.8) is 0 Å². The Kier molecular flexibility index (Phi) is 3.48. The van der Waals surface area contributed by atoms with Crippen LogP contribution in [-0.4, -0.2) is 36.9 Å². The second-order valence-corrected chi connectivity index (χ2v) is 7.98. The summed E-state index contributed by atoms with van der Waals surface area (Å²) >= 11 is 0. The summed E-state index contributed by atoms with van der Waals surface area (Å²) in [6.45, 7) is 10.3. The lowest BCUT2D eigenvalue weighted by Gasteiger charge is -2.38. The van der Waals surface area contributed by atoms with E-state index < -0.39 is 0 Å². The number of benzene rings is 1. The van der Waals surface area contributed by atoms with Crippen LogP contribution in [0.5, 0.6) is 0 Å². The number of fused-ring (bicyclic) bond motifs is 1. The first-order valence-electron chi connectivity index (χ1n) is 8.89. The summed E-state index contributed by atoms with van der Waals surface area (Å²) in [5.74, 6) is 1.21. The van der Waals surface area contributed by atoms with Crippen molar-refractivity contribution in [3.05, 3.63) is 41.4 Å². The molecule has 1 aliphatic heterocycles. The van der Waals surface area contributed by atoms with E-state index in [1.54, 1.807) is 0 Å². The molecule has 0 unspecified atom stereocenters. The number of piperazine rings is 1. The summed E-state index contributed by atoms with van der Waals surface area (Å²) < 4.78 is 13.1. The van der Waals surface area contributed by atoms with Gasteiger partial charge in [-0.05, 0) is 48.4 Å². The lowest BCUT2D eigenvalue weighted by Crippen LogP contribution is -2.46. The molecule has 128 valence electrons. The van der Waals surface area contributed by atoms with Crippen LogP contribution in [0.4, 0.5) is 10.1 Å². The van der Waals surface area contributed by atoms with Gasteiger partial charge in [-0.15, -0.1) is 0 Å². The molecule has 2 atom stereocenters. The van der Waals surface area contributed by atoms with E-state index in [0.29, 0.717) is 23.0 Å². The van der Waals surface area contributed by atoms with Crippen molar-refractivity contribution in [2.24, 2.45) is 17.3 Å². The summed E-state index contributed by atoms with van der Waals surface area (Å²) in [6.07, 6.45) is 0.736. The monoisotopic (exact) mass is 328 g/mol. The van der Waals surface area contributed by atoms with E-state index in [0.717, 1.165) is 43.9 Å². The number of halogens is 1. The highest BCUT2D eigenvalue weighted by molar-refractivity contribution is 6.01. The number of allylic oxidation sites excluding steroid dienone is 2. The van der Waals surface area contributed by atoms with E-state index in [9.17, 15) is 9.18 Å². The van der Waals surface area contributed by atoms with Crippen LogP contribution in [0.2, 0.25) is 0 Å². The Hall–Kier alpha value is -1.84. The molecule has 1 heterocycles. The molecule has 4 heteroatoms. The Bertz CT molecular complexity index is 699. The van der Waals surface area contributed by atoms with Crippen molar-refractivity contribution >= 4 is 11.5 Å². The van der Waals surface area contributed by atoms with Gasteiger partial charge in [0, 0.05) is 49.6 Å². The van der Waals surface area contributed by atoms with Crippen LogP contribution in [0, 0.1) is 23.1 Å². The van der Waals surface area contributed by atoms with Crippen LogP contribution >= 0.6 is 0 Å². The summed E-state index contributed by atoms with van der Waals surface area (Å²) in [4.78, 5) is 17.0. The maximum Gasteiger partial charge on any atom is 0.161 e. The fraction of sp³-hybridized carbons (Fsp3) is 0.550. The maximum atomic E-state index is 13.1.